The number of rotatable bonds is 4. The molecule has 0 amide bonds. The third-order valence-corrected chi connectivity index (χ3v) is 3.41. The number of ether oxygens (including phenoxy) is 2. The zero-order valence-electron chi connectivity index (χ0n) is 10.7. The van der Waals surface area contributed by atoms with Crippen LogP contribution in [0.25, 0.3) is 0 Å². The van der Waals surface area contributed by atoms with Gasteiger partial charge in [0.15, 0.2) is 0 Å². The van der Waals surface area contributed by atoms with E-state index >= 15 is 0 Å². The fourth-order valence-electron chi connectivity index (χ4n) is 1.55. The molecular weight excluding hydrogens is 254 g/mol. The second kappa shape index (κ2) is 7.10. The first-order valence-electron chi connectivity index (χ1n) is 5.64. The maximum atomic E-state index is 11.5. The smallest absolute Gasteiger partial charge is 0.335 e. The molecule has 1 aliphatic heterocycles. The number of methoxy groups -OCH3 is 1. The number of nitrogens with one attached hydrogen (secondary N) is 1. The van der Waals surface area contributed by atoms with Crippen LogP contribution in [0.15, 0.2) is 22.8 Å². The van der Waals surface area contributed by atoms with E-state index in [1.54, 1.807) is 19.9 Å². The predicted molar refractivity (Wildman–Crippen MR) is 69.9 cm³/mol. The Morgan fingerprint density at radius 2 is 2.28 bits per heavy atom. The van der Waals surface area contributed by atoms with E-state index in [0.29, 0.717) is 23.0 Å². The first-order chi connectivity index (χ1) is 8.62. The van der Waals surface area contributed by atoms with Crippen molar-refractivity contribution in [2.24, 2.45) is 0 Å². The Bertz CT molecular complexity index is 390. The summed E-state index contributed by atoms with van der Waals surface area (Å²) in [7, 11) is 1.35. The molecular formula is C12H17NO4S. The van der Waals surface area contributed by atoms with Gasteiger partial charge in [0, 0.05) is 5.75 Å². The van der Waals surface area contributed by atoms with Gasteiger partial charge < -0.3 is 14.8 Å². The van der Waals surface area contributed by atoms with Gasteiger partial charge in [-0.25, -0.2) is 9.59 Å². The highest BCUT2D eigenvalue weighted by Gasteiger charge is 2.27. The van der Waals surface area contributed by atoms with E-state index in [0.717, 1.165) is 0 Å². The molecule has 1 fully saturated rings. The fraction of sp³-hybridized carbons (Fsp3) is 0.500. The highest BCUT2D eigenvalue weighted by atomic mass is 32.2. The third-order valence-electron chi connectivity index (χ3n) is 2.37. The monoisotopic (exact) mass is 271 g/mol. The normalized spacial score (nSPS) is 21.6. The molecule has 6 heteroatoms. The van der Waals surface area contributed by atoms with E-state index in [-0.39, 0.29) is 18.0 Å². The average molecular weight is 271 g/mol. The molecule has 5 nitrogen and oxygen atoms in total. The molecule has 1 atom stereocenters. The molecule has 1 saturated heterocycles. The van der Waals surface area contributed by atoms with Crippen LogP contribution in [0.1, 0.15) is 13.8 Å². The third kappa shape index (κ3) is 3.80. The van der Waals surface area contributed by atoms with Crippen LogP contribution in [0.4, 0.5) is 0 Å². The maximum absolute atomic E-state index is 11.5. The van der Waals surface area contributed by atoms with Gasteiger partial charge in [-0.1, -0.05) is 6.08 Å². The van der Waals surface area contributed by atoms with E-state index in [1.807, 2.05) is 0 Å². The summed E-state index contributed by atoms with van der Waals surface area (Å²) < 4.78 is 9.52. The molecule has 0 radical (unpaired) electrons. The van der Waals surface area contributed by atoms with Gasteiger partial charge in [0.25, 0.3) is 0 Å². The number of allylic oxidation sites excluding steroid dienone is 1. The van der Waals surface area contributed by atoms with Crippen LogP contribution < -0.4 is 5.32 Å². The molecule has 18 heavy (non-hydrogen) atoms. The van der Waals surface area contributed by atoms with Gasteiger partial charge in [0.2, 0.25) is 0 Å². The topological polar surface area (TPSA) is 64.6 Å². The SMILES string of the molecule is C/C=C(\C(=O)OC)C1CS/C(=C/C(=O)OCC)N1. The predicted octanol–water partition coefficient (Wildman–Crippen LogP) is 1.22. The highest BCUT2D eigenvalue weighted by molar-refractivity contribution is 8.03. The van der Waals surface area contributed by atoms with Gasteiger partial charge in [0.05, 0.1) is 36.4 Å². The Labute approximate surface area is 111 Å². The summed E-state index contributed by atoms with van der Waals surface area (Å²) in [5, 5.41) is 3.81. The Morgan fingerprint density at radius 3 is 2.83 bits per heavy atom. The van der Waals surface area contributed by atoms with E-state index in [1.165, 1.54) is 24.9 Å². The standard InChI is InChI=1S/C12H17NO4S/c1-4-8(12(15)16-3)9-7-18-10(13-9)6-11(14)17-5-2/h4,6,9,13H,5,7H2,1-3H3/b8-4-,10-6+. The summed E-state index contributed by atoms with van der Waals surface area (Å²) >= 11 is 1.48. The highest BCUT2D eigenvalue weighted by Crippen LogP contribution is 2.26. The Morgan fingerprint density at radius 1 is 1.56 bits per heavy atom. The lowest BCUT2D eigenvalue weighted by Crippen LogP contribution is -2.30. The zero-order chi connectivity index (χ0) is 13.5. The molecule has 0 aromatic rings. The molecule has 0 aromatic heterocycles. The number of hydrogen-bond acceptors (Lipinski definition) is 6. The summed E-state index contributed by atoms with van der Waals surface area (Å²) in [6.45, 7) is 3.88. The van der Waals surface area contributed by atoms with E-state index in [9.17, 15) is 9.59 Å². The lowest BCUT2D eigenvalue weighted by atomic mass is 10.1. The van der Waals surface area contributed by atoms with Crippen LogP contribution in [-0.4, -0.2) is 37.4 Å². The summed E-state index contributed by atoms with van der Waals surface area (Å²) in [6, 6.07) is -0.131. The van der Waals surface area contributed by atoms with Gasteiger partial charge in [-0.15, -0.1) is 11.8 Å². The van der Waals surface area contributed by atoms with Crippen molar-refractivity contribution >= 4 is 23.7 Å². The Balaban J connectivity index is 2.66. The summed E-state index contributed by atoms with van der Waals surface area (Å²) in [5.41, 5.74) is 0.567. The van der Waals surface area contributed by atoms with Crippen LogP contribution in [0, 0.1) is 0 Å². The molecule has 0 aromatic carbocycles. The molecule has 0 saturated carbocycles. The van der Waals surface area contributed by atoms with Gasteiger partial charge in [0.1, 0.15) is 0 Å². The first kappa shape index (κ1) is 14.6. The van der Waals surface area contributed by atoms with Gasteiger partial charge in [-0.2, -0.15) is 0 Å². The van der Waals surface area contributed by atoms with Crippen LogP contribution in [0.3, 0.4) is 0 Å². The molecule has 0 bridgehead atoms. The fourth-order valence-corrected chi connectivity index (χ4v) is 2.56. The quantitative estimate of drug-likeness (QED) is 0.612. The summed E-state index contributed by atoms with van der Waals surface area (Å²) in [6.07, 6.45) is 3.12. The van der Waals surface area contributed by atoms with Gasteiger partial charge in [-0.3, -0.25) is 0 Å². The molecule has 1 aliphatic rings. The van der Waals surface area contributed by atoms with Crippen molar-refractivity contribution in [3.8, 4) is 0 Å². The van der Waals surface area contributed by atoms with E-state index < -0.39 is 0 Å². The zero-order valence-corrected chi connectivity index (χ0v) is 11.5. The van der Waals surface area contributed by atoms with Gasteiger partial charge >= 0.3 is 11.9 Å². The lowest BCUT2D eigenvalue weighted by molar-refractivity contribution is -0.137. The van der Waals surface area contributed by atoms with Crippen LogP contribution in [0.2, 0.25) is 0 Å². The average Bonchev–Trinajstić information content (AvgIpc) is 2.78. The molecule has 1 unspecified atom stereocenters. The summed E-state index contributed by atoms with van der Waals surface area (Å²) in [5.74, 6) is -0.0544. The minimum absolute atomic E-state index is 0.131. The maximum Gasteiger partial charge on any atom is 0.335 e. The minimum atomic E-state index is -0.381. The van der Waals surface area contributed by atoms with Crippen LogP contribution in [-0.2, 0) is 19.1 Å². The number of hydrogen-bond donors (Lipinski definition) is 1. The number of thioether (sulfide) groups is 1. The van der Waals surface area contributed by atoms with Crippen molar-refractivity contribution in [2.45, 2.75) is 19.9 Å². The molecule has 100 valence electrons. The molecule has 1 heterocycles. The van der Waals surface area contributed by atoms with Crippen LogP contribution in [0.5, 0.6) is 0 Å². The Kier molecular flexibility index (Phi) is 5.77. The van der Waals surface area contributed by atoms with Crippen molar-refractivity contribution in [1.82, 2.24) is 5.32 Å². The molecule has 1 rings (SSSR count). The second-order valence-electron chi connectivity index (χ2n) is 3.50. The second-order valence-corrected chi connectivity index (χ2v) is 4.57. The molecule has 0 aliphatic carbocycles. The van der Waals surface area contributed by atoms with Gasteiger partial charge in [-0.05, 0) is 13.8 Å². The van der Waals surface area contributed by atoms with Crippen molar-refractivity contribution in [3.63, 3.8) is 0 Å². The Hall–Kier alpha value is -1.43. The van der Waals surface area contributed by atoms with Crippen molar-refractivity contribution in [2.75, 3.05) is 19.5 Å². The molecule has 0 spiro atoms. The minimum Gasteiger partial charge on any atom is -0.466 e. The van der Waals surface area contributed by atoms with Crippen molar-refractivity contribution < 1.29 is 19.1 Å². The number of carbonyl (C=O) groups is 2. The van der Waals surface area contributed by atoms with Crippen molar-refractivity contribution in [1.29, 1.82) is 0 Å². The van der Waals surface area contributed by atoms with E-state index in [4.69, 9.17) is 9.47 Å². The van der Waals surface area contributed by atoms with Crippen molar-refractivity contribution in [3.05, 3.63) is 22.8 Å². The van der Waals surface area contributed by atoms with E-state index in [2.05, 4.69) is 5.32 Å². The summed E-state index contributed by atoms with van der Waals surface area (Å²) in [4.78, 5) is 22.8. The first-order valence-corrected chi connectivity index (χ1v) is 6.63. The van der Waals surface area contributed by atoms with Crippen LogP contribution >= 0.6 is 11.8 Å². The molecule has 1 N–H and O–H groups in total. The number of carbonyl (C=O) groups excluding carboxylic acids is 2. The lowest BCUT2D eigenvalue weighted by Gasteiger charge is -2.12. The number of esters is 2. The largest absolute Gasteiger partial charge is 0.466 e.